The van der Waals surface area contributed by atoms with Gasteiger partial charge in [0.05, 0.1) is 6.54 Å². The second kappa shape index (κ2) is 7.73. The van der Waals surface area contributed by atoms with Gasteiger partial charge in [-0.05, 0) is 17.7 Å². The van der Waals surface area contributed by atoms with Gasteiger partial charge in [-0.15, -0.1) is 24.8 Å². The van der Waals surface area contributed by atoms with Gasteiger partial charge in [0, 0.05) is 18.9 Å². The SMILES string of the molecule is Cl.Cl.FC(F)(F)CNCc1ccncc1. The van der Waals surface area contributed by atoms with E-state index in [4.69, 9.17) is 0 Å². The van der Waals surface area contributed by atoms with Crippen LogP contribution in [-0.4, -0.2) is 17.7 Å². The van der Waals surface area contributed by atoms with E-state index >= 15 is 0 Å². The molecule has 0 atom stereocenters. The summed E-state index contributed by atoms with van der Waals surface area (Å²) in [5.74, 6) is 0. The molecule has 0 radical (unpaired) electrons. The van der Waals surface area contributed by atoms with Crippen molar-refractivity contribution >= 4 is 24.8 Å². The molecule has 0 aliphatic rings. The van der Waals surface area contributed by atoms with E-state index in [1.54, 1.807) is 24.5 Å². The summed E-state index contributed by atoms with van der Waals surface area (Å²) in [6, 6.07) is 3.34. The molecule has 0 unspecified atom stereocenters. The van der Waals surface area contributed by atoms with Crippen LogP contribution in [0.1, 0.15) is 5.56 Å². The van der Waals surface area contributed by atoms with Gasteiger partial charge in [0.1, 0.15) is 0 Å². The summed E-state index contributed by atoms with van der Waals surface area (Å²) in [6.07, 6.45) is -1.05. The van der Waals surface area contributed by atoms with E-state index in [0.717, 1.165) is 5.56 Å². The van der Waals surface area contributed by atoms with Crippen molar-refractivity contribution in [1.29, 1.82) is 0 Å². The molecule has 0 saturated heterocycles. The molecule has 1 heterocycles. The van der Waals surface area contributed by atoms with Crippen LogP contribution in [0.15, 0.2) is 24.5 Å². The van der Waals surface area contributed by atoms with Crippen LogP contribution in [0, 0.1) is 0 Å². The van der Waals surface area contributed by atoms with E-state index in [2.05, 4.69) is 10.3 Å². The highest BCUT2D eigenvalue weighted by Gasteiger charge is 2.25. The molecular formula is C8H11Cl2F3N2. The number of nitrogens with one attached hydrogen (secondary N) is 1. The summed E-state index contributed by atoms with van der Waals surface area (Å²) < 4.78 is 35.1. The Kier molecular flexibility index (Phi) is 8.71. The molecule has 1 aromatic rings. The topological polar surface area (TPSA) is 24.9 Å². The minimum atomic E-state index is -4.15. The molecule has 1 N–H and O–H groups in total. The van der Waals surface area contributed by atoms with Crippen LogP contribution in [0.4, 0.5) is 13.2 Å². The molecule has 0 saturated carbocycles. The Morgan fingerprint density at radius 3 is 2.13 bits per heavy atom. The van der Waals surface area contributed by atoms with Crippen LogP contribution in [0.25, 0.3) is 0 Å². The van der Waals surface area contributed by atoms with Gasteiger partial charge in [-0.2, -0.15) is 13.2 Å². The van der Waals surface area contributed by atoms with E-state index in [-0.39, 0.29) is 31.4 Å². The molecule has 15 heavy (non-hydrogen) atoms. The molecule has 88 valence electrons. The Balaban J connectivity index is 0. The lowest BCUT2D eigenvalue weighted by atomic mass is 10.3. The number of aromatic nitrogens is 1. The minimum absolute atomic E-state index is 0. The minimum Gasteiger partial charge on any atom is -0.305 e. The molecular weight excluding hydrogens is 252 g/mol. The molecule has 2 nitrogen and oxygen atoms in total. The van der Waals surface area contributed by atoms with Crippen LogP contribution < -0.4 is 5.32 Å². The molecule has 0 spiro atoms. The Morgan fingerprint density at radius 2 is 1.67 bits per heavy atom. The highest BCUT2D eigenvalue weighted by molar-refractivity contribution is 5.85. The zero-order valence-electron chi connectivity index (χ0n) is 7.62. The molecule has 0 aliphatic heterocycles. The summed E-state index contributed by atoms with van der Waals surface area (Å²) in [5.41, 5.74) is 0.791. The zero-order valence-corrected chi connectivity index (χ0v) is 9.25. The van der Waals surface area contributed by atoms with E-state index in [0.29, 0.717) is 0 Å². The van der Waals surface area contributed by atoms with Crippen LogP contribution in [0.2, 0.25) is 0 Å². The molecule has 1 aromatic heterocycles. The molecule has 0 bridgehead atoms. The van der Waals surface area contributed by atoms with E-state index in [9.17, 15) is 13.2 Å². The maximum absolute atomic E-state index is 11.7. The Morgan fingerprint density at radius 1 is 1.13 bits per heavy atom. The van der Waals surface area contributed by atoms with Crippen molar-refractivity contribution in [3.63, 3.8) is 0 Å². The predicted octanol–water partition coefficient (Wildman–Crippen LogP) is 2.58. The normalized spacial score (nSPS) is 10.1. The Labute approximate surface area is 98.1 Å². The van der Waals surface area contributed by atoms with Gasteiger partial charge in [0.15, 0.2) is 0 Å². The van der Waals surface area contributed by atoms with Crippen LogP contribution in [0.3, 0.4) is 0 Å². The fourth-order valence-corrected chi connectivity index (χ4v) is 0.849. The van der Waals surface area contributed by atoms with Crippen LogP contribution in [-0.2, 0) is 6.54 Å². The van der Waals surface area contributed by atoms with Gasteiger partial charge < -0.3 is 5.32 Å². The number of pyridine rings is 1. The summed E-state index contributed by atoms with van der Waals surface area (Å²) >= 11 is 0. The van der Waals surface area contributed by atoms with Gasteiger partial charge in [0.25, 0.3) is 0 Å². The maximum Gasteiger partial charge on any atom is 0.401 e. The van der Waals surface area contributed by atoms with Crippen molar-refractivity contribution in [2.75, 3.05) is 6.54 Å². The van der Waals surface area contributed by atoms with Crippen molar-refractivity contribution in [3.05, 3.63) is 30.1 Å². The van der Waals surface area contributed by atoms with Crippen LogP contribution >= 0.6 is 24.8 Å². The van der Waals surface area contributed by atoms with E-state index in [1.807, 2.05) is 0 Å². The van der Waals surface area contributed by atoms with Gasteiger partial charge in [0.2, 0.25) is 0 Å². The monoisotopic (exact) mass is 262 g/mol. The molecule has 0 fully saturated rings. The third-order valence-electron chi connectivity index (χ3n) is 1.40. The van der Waals surface area contributed by atoms with Crippen LogP contribution in [0.5, 0.6) is 0 Å². The summed E-state index contributed by atoms with van der Waals surface area (Å²) in [6.45, 7) is -0.753. The molecule has 0 aliphatic carbocycles. The second-order valence-corrected chi connectivity index (χ2v) is 2.57. The highest BCUT2D eigenvalue weighted by Crippen LogP contribution is 2.12. The van der Waals surface area contributed by atoms with Crippen molar-refractivity contribution < 1.29 is 13.2 Å². The molecule has 0 aromatic carbocycles. The van der Waals surface area contributed by atoms with Crippen molar-refractivity contribution in [1.82, 2.24) is 10.3 Å². The zero-order chi connectivity index (χ0) is 9.73. The fourth-order valence-electron chi connectivity index (χ4n) is 0.849. The molecule has 7 heteroatoms. The van der Waals surface area contributed by atoms with Crippen molar-refractivity contribution in [2.24, 2.45) is 0 Å². The lowest BCUT2D eigenvalue weighted by Crippen LogP contribution is -2.28. The number of halogens is 5. The fraction of sp³-hybridized carbons (Fsp3) is 0.375. The number of nitrogens with zero attached hydrogens (tertiary/aromatic N) is 1. The van der Waals surface area contributed by atoms with E-state index < -0.39 is 12.7 Å². The second-order valence-electron chi connectivity index (χ2n) is 2.57. The number of hydrogen-bond donors (Lipinski definition) is 1. The lowest BCUT2D eigenvalue weighted by molar-refractivity contribution is -0.125. The number of rotatable bonds is 3. The van der Waals surface area contributed by atoms with Gasteiger partial charge in [-0.1, -0.05) is 0 Å². The van der Waals surface area contributed by atoms with Crippen molar-refractivity contribution in [2.45, 2.75) is 12.7 Å². The largest absolute Gasteiger partial charge is 0.401 e. The quantitative estimate of drug-likeness (QED) is 0.906. The van der Waals surface area contributed by atoms with Gasteiger partial charge in [-0.25, -0.2) is 0 Å². The Bertz CT molecular complexity index is 254. The number of alkyl halides is 3. The molecule has 0 amide bonds. The first kappa shape index (κ1) is 16.9. The molecule has 1 rings (SSSR count). The smallest absolute Gasteiger partial charge is 0.305 e. The maximum atomic E-state index is 11.7. The summed E-state index contributed by atoms with van der Waals surface area (Å²) in [4.78, 5) is 3.75. The lowest BCUT2D eigenvalue weighted by Gasteiger charge is -2.07. The average molecular weight is 263 g/mol. The third-order valence-corrected chi connectivity index (χ3v) is 1.40. The summed E-state index contributed by atoms with van der Waals surface area (Å²) in [5, 5.41) is 2.29. The van der Waals surface area contributed by atoms with Gasteiger partial charge >= 0.3 is 6.18 Å². The highest BCUT2D eigenvalue weighted by atomic mass is 35.5. The first-order valence-corrected chi connectivity index (χ1v) is 3.74. The first-order valence-electron chi connectivity index (χ1n) is 3.74. The standard InChI is InChI=1S/C8H9F3N2.2ClH/c9-8(10,11)6-13-5-7-1-3-12-4-2-7;;/h1-4,13H,5-6H2;2*1H. The average Bonchev–Trinajstić information content (AvgIpc) is 2.04. The van der Waals surface area contributed by atoms with Gasteiger partial charge in [-0.3, -0.25) is 4.98 Å². The van der Waals surface area contributed by atoms with E-state index in [1.165, 1.54) is 0 Å². The predicted molar refractivity (Wildman–Crippen MR) is 56.5 cm³/mol. The Hall–Kier alpha value is -0.520. The van der Waals surface area contributed by atoms with Crippen molar-refractivity contribution in [3.8, 4) is 0 Å². The third kappa shape index (κ3) is 8.47. The summed E-state index contributed by atoms with van der Waals surface area (Å²) in [7, 11) is 0. The first-order chi connectivity index (χ1) is 6.08. The number of hydrogen-bond acceptors (Lipinski definition) is 2.